The van der Waals surface area contributed by atoms with Crippen molar-refractivity contribution in [2.75, 3.05) is 64.4 Å². The number of nitrogens with zero attached hydrogens (tertiary/aromatic N) is 2. The van der Waals surface area contributed by atoms with Crippen LogP contribution >= 0.6 is 11.8 Å². The molecule has 0 aliphatic rings. The smallest absolute Gasteiger partial charge is 0.134 e. The molecule has 0 fully saturated rings. The second-order valence-corrected chi connectivity index (χ2v) is 6.48. The van der Waals surface area contributed by atoms with Gasteiger partial charge in [-0.25, -0.2) is 9.97 Å². The minimum absolute atomic E-state index is 0.0406. The first-order valence-electron chi connectivity index (χ1n) is 8.60. The molecule has 0 atom stereocenters. The minimum atomic E-state index is 0.0406. The Bertz CT molecular complexity index is 489. The highest BCUT2D eigenvalue weighted by atomic mass is 32.2. The molecule has 8 heteroatoms. The van der Waals surface area contributed by atoms with Crippen molar-refractivity contribution in [2.45, 2.75) is 31.7 Å². The number of anilines is 1. The zero-order chi connectivity index (χ0) is 18.5. The van der Waals surface area contributed by atoms with Crippen molar-refractivity contribution in [1.29, 1.82) is 0 Å². The third-order valence-corrected chi connectivity index (χ3v) is 4.01. The Morgan fingerprint density at radius 2 is 1.60 bits per heavy atom. The molecule has 1 aromatic rings. The average molecular weight is 374 g/mol. The van der Waals surface area contributed by atoms with Crippen LogP contribution in [-0.4, -0.2) is 74.1 Å². The first-order valence-corrected chi connectivity index (χ1v) is 9.83. The van der Waals surface area contributed by atoms with E-state index in [-0.39, 0.29) is 6.61 Å². The van der Waals surface area contributed by atoms with E-state index in [1.165, 1.54) is 0 Å². The molecule has 25 heavy (non-hydrogen) atoms. The molecule has 2 N–H and O–H groups in total. The van der Waals surface area contributed by atoms with Crippen LogP contribution in [0.4, 0.5) is 5.82 Å². The van der Waals surface area contributed by atoms with Crippen molar-refractivity contribution in [3.63, 3.8) is 0 Å². The van der Waals surface area contributed by atoms with Crippen LogP contribution in [-0.2, 0) is 14.2 Å². The molecule has 144 valence electrons. The zero-order valence-corrected chi connectivity index (χ0v) is 16.5. The number of hydrogen-bond acceptors (Lipinski definition) is 8. The summed E-state index contributed by atoms with van der Waals surface area (Å²) >= 11 is 1.65. The summed E-state index contributed by atoms with van der Waals surface area (Å²) in [6.07, 6.45) is 2.04. The summed E-state index contributed by atoms with van der Waals surface area (Å²) in [5, 5.41) is 13.0. The summed E-state index contributed by atoms with van der Waals surface area (Å²) < 4.78 is 16.0. The van der Waals surface area contributed by atoms with Crippen LogP contribution in [0.15, 0.2) is 5.03 Å². The van der Waals surface area contributed by atoms with Crippen LogP contribution in [0.2, 0.25) is 0 Å². The highest BCUT2D eigenvalue weighted by Gasteiger charge is 2.15. The molecule has 0 radical (unpaired) electrons. The normalized spacial score (nSPS) is 11.3. The highest BCUT2D eigenvalue weighted by molar-refractivity contribution is 7.98. The van der Waals surface area contributed by atoms with Gasteiger partial charge in [0.25, 0.3) is 0 Å². The van der Waals surface area contributed by atoms with Gasteiger partial charge in [-0.1, -0.05) is 13.8 Å². The van der Waals surface area contributed by atoms with Gasteiger partial charge in [-0.2, -0.15) is 0 Å². The fourth-order valence-corrected chi connectivity index (χ4v) is 2.99. The number of hydrogen-bond donors (Lipinski definition) is 2. The first-order chi connectivity index (χ1) is 12.1. The van der Waals surface area contributed by atoms with E-state index in [1.54, 1.807) is 11.8 Å². The molecular formula is C17H31N3O4S. The van der Waals surface area contributed by atoms with Crippen LogP contribution in [0.3, 0.4) is 0 Å². The number of thioether (sulfide) groups is 1. The summed E-state index contributed by atoms with van der Waals surface area (Å²) in [6, 6.07) is 0. The lowest BCUT2D eigenvalue weighted by atomic mass is 10.1. The molecular weight excluding hydrogens is 342 g/mol. The lowest BCUT2D eigenvalue weighted by Crippen LogP contribution is -2.16. The van der Waals surface area contributed by atoms with Crippen molar-refractivity contribution in [3.8, 4) is 0 Å². The van der Waals surface area contributed by atoms with E-state index in [0.717, 1.165) is 22.2 Å². The van der Waals surface area contributed by atoms with Gasteiger partial charge in [0.05, 0.1) is 46.2 Å². The van der Waals surface area contributed by atoms with E-state index in [2.05, 4.69) is 29.1 Å². The van der Waals surface area contributed by atoms with Crippen molar-refractivity contribution in [3.05, 3.63) is 11.4 Å². The van der Waals surface area contributed by atoms with E-state index >= 15 is 0 Å². The van der Waals surface area contributed by atoms with Crippen LogP contribution in [0.5, 0.6) is 0 Å². The van der Waals surface area contributed by atoms with Crippen molar-refractivity contribution in [2.24, 2.45) is 0 Å². The summed E-state index contributed by atoms with van der Waals surface area (Å²) in [6.45, 7) is 9.94. The fraction of sp³-hybridized carbons (Fsp3) is 0.765. The van der Waals surface area contributed by atoms with Gasteiger partial charge in [-0.3, -0.25) is 0 Å². The van der Waals surface area contributed by atoms with Gasteiger partial charge in [0.2, 0.25) is 0 Å². The number of aliphatic hydroxyl groups excluding tert-OH is 1. The highest BCUT2D eigenvalue weighted by Crippen LogP contribution is 2.30. The van der Waals surface area contributed by atoms with Crippen LogP contribution in [0.1, 0.15) is 31.2 Å². The Morgan fingerprint density at radius 3 is 2.16 bits per heavy atom. The molecule has 0 aliphatic carbocycles. The van der Waals surface area contributed by atoms with E-state index in [4.69, 9.17) is 19.3 Å². The lowest BCUT2D eigenvalue weighted by molar-refractivity contribution is 0.00920. The number of rotatable bonds is 14. The molecule has 0 unspecified atom stereocenters. The second-order valence-electron chi connectivity index (χ2n) is 5.68. The summed E-state index contributed by atoms with van der Waals surface area (Å²) in [5.74, 6) is 2.02. The molecule has 0 saturated carbocycles. The summed E-state index contributed by atoms with van der Waals surface area (Å²) in [5.41, 5.74) is 1.16. The molecule has 0 saturated heterocycles. The predicted octanol–water partition coefficient (Wildman–Crippen LogP) is 2.08. The zero-order valence-electron chi connectivity index (χ0n) is 15.7. The first kappa shape index (κ1) is 22.1. The Hall–Kier alpha value is -0.930. The molecule has 1 rings (SSSR count). The van der Waals surface area contributed by atoms with E-state index < -0.39 is 0 Å². The Kier molecular flexibility index (Phi) is 11.8. The quantitative estimate of drug-likeness (QED) is 0.291. The van der Waals surface area contributed by atoms with E-state index in [0.29, 0.717) is 52.1 Å². The Morgan fingerprint density at radius 1 is 1.00 bits per heavy atom. The van der Waals surface area contributed by atoms with Crippen LogP contribution in [0, 0.1) is 6.92 Å². The third-order valence-electron chi connectivity index (χ3n) is 3.31. The topological polar surface area (TPSA) is 85.7 Å². The number of aliphatic hydroxyl groups is 1. The maximum atomic E-state index is 8.56. The largest absolute Gasteiger partial charge is 0.394 e. The molecule has 0 amide bonds. The van der Waals surface area contributed by atoms with Gasteiger partial charge >= 0.3 is 0 Å². The lowest BCUT2D eigenvalue weighted by Gasteiger charge is -2.17. The number of ether oxygens (including phenoxy) is 3. The van der Waals surface area contributed by atoms with Gasteiger partial charge in [-0.15, -0.1) is 11.8 Å². The van der Waals surface area contributed by atoms with Gasteiger partial charge < -0.3 is 24.6 Å². The van der Waals surface area contributed by atoms with E-state index in [9.17, 15) is 0 Å². The molecule has 7 nitrogen and oxygen atoms in total. The molecule has 0 bridgehead atoms. The van der Waals surface area contributed by atoms with Gasteiger partial charge in [0.15, 0.2) is 0 Å². The molecule has 1 aromatic heterocycles. The third kappa shape index (κ3) is 8.82. The average Bonchev–Trinajstić information content (AvgIpc) is 2.58. The van der Waals surface area contributed by atoms with Crippen molar-refractivity contribution in [1.82, 2.24) is 9.97 Å². The molecule has 0 aromatic carbocycles. The number of nitrogens with one attached hydrogen (secondary N) is 1. The maximum absolute atomic E-state index is 8.56. The monoisotopic (exact) mass is 373 g/mol. The predicted molar refractivity (Wildman–Crippen MR) is 101 cm³/mol. The van der Waals surface area contributed by atoms with Gasteiger partial charge in [0, 0.05) is 12.1 Å². The van der Waals surface area contributed by atoms with E-state index in [1.807, 2.05) is 13.2 Å². The number of aryl methyl sites for hydroxylation is 1. The van der Waals surface area contributed by atoms with Gasteiger partial charge in [-0.05, 0) is 19.1 Å². The standard InChI is InChI=1S/C17H31N3O4S/c1-13(2)15-16(19-14(3)20-17(15)25-4)18-5-7-22-9-11-24-12-10-23-8-6-21/h13,21H,5-12H2,1-4H3,(H,18,19,20). The van der Waals surface area contributed by atoms with Gasteiger partial charge in [0.1, 0.15) is 16.7 Å². The Balaban J connectivity index is 2.25. The second kappa shape index (κ2) is 13.3. The van der Waals surface area contributed by atoms with Crippen LogP contribution < -0.4 is 5.32 Å². The Labute approximate surface area is 154 Å². The maximum Gasteiger partial charge on any atom is 0.134 e. The van der Waals surface area contributed by atoms with Crippen molar-refractivity contribution < 1.29 is 19.3 Å². The molecule has 0 aliphatic heterocycles. The van der Waals surface area contributed by atoms with Crippen LogP contribution in [0.25, 0.3) is 0 Å². The molecule has 0 spiro atoms. The molecule has 1 heterocycles. The fourth-order valence-electron chi connectivity index (χ4n) is 2.21. The minimum Gasteiger partial charge on any atom is -0.394 e. The summed E-state index contributed by atoms with van der Waals surface area (Å²) in [7, 11) is 0. The van der Waals surface area contributed by atoms with Crippen molar-refractivity contribution >= 4 is 17.6 Å². The summed E-state index contributed by atoms with van der Waals surface area (Å²) in [4.78, 5) is 9.06. The SMILES string of the molecule is CSc1nc(C)nc(NCCOCCOCCOCCO)c1C(C)C. The number of aromatic nitrogens is 2.